The van der Waals surface area contributed by atoms with Crippen molar-refractivity contribution in [2.75, 3.05) is 26.1 Å². The van der Waals surface area contributed by atoms with Gasteiger partial charge in [0, 0.05) is 22.7 Å². The number of ether oxygens (including phenoxy) is 3. The van der Waals surface area contributed by atoms with E-state index in [0.717, 1.165) is 0 Å². The summed E-state index contributed by atoms with van der Waals surface area (Å²) in [6.45, 7) is -0.272. The lowest BCUT2D eigenvalue weighted by atomic mass is 10.3. The molecule has 0 saturated carbocycles. The second-order valence-corrected chi connectivity index (χ2v) is 5.43. The van der Waals surface area contributed by atoms with Crippen molar-refractivity contribution in [3.05, 3.63) is 46.7 Å². The van der Waals surface area contributed by atoms with Gasteiger partial charge in [-0.3, -0.25) is 4.79 Å². The molecule has 1 N–H and O–H groups in total. The van der Waals surface area contributed by atoms with Gasteiger partial charge in [-0.1, -0.05) is 15.9 Å². The fraction of sp³-hybridized carbons (Fsp3) is 0.188. The van der Waals surface area contributed by atoms with Crippen LogP contribution in [0.2, 0.25) is 0 Å². The predicted molar refractivity (Wildman–Crippen MR) is 87.8 cm³/mol. The van der Waals surface area contributed by atoms with Crippen LogP contribution in [0.15, 0.2) is 40.9 Å². The van der Waals surface area contributed by atoms with E-state index in [-0.39, 0.29) is 12.3 Å². The number of methoxy groups -OCH3 is 2. The van der Waals surface area contributed by atoms with Crippen molar-refractivity contribution in [3.8, 4) is 17.2 Å². The van der Waals surface area contributed by atoms with Crippen molar-refractivity contribution in [1.82, 2.24) is 0 Å². The number of carbonyl (C=O) groups is 1. The fourth-order valence-corrected chi connectivity index (χ4v) is 2.12. The van der Waals surface area contributed by atoms with E-state index in [1.54, 1.807) is 24.3 Å². The minimum absolute atomic E-state index is 0.0880. The van der Waals surface area contributed by atoms with Crippen molar-refractivity contribution < 1.29 is 23.4 Å². The van der Waals surface area contributed by atoms with E-state index in [2.05, 4.69) is 21.2 Å². The van der Waals surface area contributed by atoms with E-state index in [1.807, 2.05) is 0 Å². The molecule has 2 rings (SSSR count). The Morgan fingerprint density at radius 3 is 2.26 bits per heavy atom. The van der Waals surface area contributed by atoms with E-state index < -0.39 is 11.7 Å². The quantitative estimate of drug-likeness (QED) is 0.827. The van der Waals surface area contributed by atoms with Crippen LogP contribution in [0, 0.1) is 5.82 Å². The molecular formula is C16H15BrFNO4. The van der Waals surface area contributed by atoms with Gasteiger partial charge in [0.1, 0.15) is 23.1 Å². The average Bonchev–Trinajstić information content (AvgIpc) is 2.55. The zero-order chi connectivity index (χ0) is 16.8. The molecule has 0 heterocycles. The van der Waals surface area contributed by atoms with Crippen LogP contribution < -0.4 is 19.5 Å². The fourth-order valence-electron chi connectivity index (χ4n) is 1.79. The van der Waals surface area contributed by atoms with E-state index in [9.17, 15) is 9.18 Å². The van der Waals surface area contributed by atoms with Crippen LogP contribution in [0.25, 0.3) is 0 Å². The molecule has 0 saturated heterocycles. The third kappa shape index (κ3) is 4.85. The Labute approximate surface area is 141 Å². The summed E-state index contributed by atoms with van der Waals surface area (Å²) in [4.78, 5) is 11.9. The summed E-state index contributed by atoms with van der Waals surface area (Å²) in [7, 11) is 3.03. The molecule has 0 aliphatic carbocycles. The second-order valence-electron chi connectivity index (χ2n) is 4.51. The number of hydrogen-bond acceptors (Lipinski definition) is 4. The Balaban J connectivity index is 1.99. The number of rotatable bonds is 6. The first-order chi connectivity index (χ1) is 11.0. The van der Waals surface area contributed by atoms with Gasteiger partial charge in [-0.15, -0.1) is 0 Å². The minimum atomic E-state index is -0.532. The number of carbonyl (C=O) groups excluding carboxylic acids is 1. The van der Waals surface area contributed by atoms with E-state index >= 15 is 0 Å². The molecule has 2 aromatic carbocycles. The van der Waals surface area contributed by atoms with Crippen molar-refractivity contribution in [1.29, 1.82) is 0 Å². The number of nitrogens with one attached hydrogen (secondary N) is 1. The van der Waals surface area contributed by atoms with E-state index in [0.29, 0.717) is 21.7 Å². The van der Waals surface area contributed by atoms with E-state index in [1.165, 1.54) is 26.4 Å². The van der Waals surface area contributed by atoms with E-state index in [4.69, 9.17) is 14.2 Å². The normalized spacial score (nSPS) is 10.1. The van der Waals surface area contributed by atoms with Gasteiger partial charge in [-0.05, 0) is 18.2 Å². The zero-order valence-electron chi connectivity index (χ0n) is 12.6. The van der Waals surface area contributed by atoms with Gasteiger partial charge in [0.05, 0.1) is 19.9 Å². The summed E-state index contributed by atoms with van der Waals surface area (Å²) in [5, 5.41) is 2.44. The molecule has 0 aliphatic rings. The molecule has 0 bridgehead atoms. The standard InChI is InChI=1S/C16H15BrFNO4/c1-21-11-6-12(22-2)8-13(7-11)23-9-16(20)19-15-4-3-10(17)5-14(15)18/h3-8H,9H2,1-2H3,(H,19,20). The summed E-state index contributed by atoms with van der Waals surface area (Å²) in [5.41, 5.74) is 0.0880. The van der Waals surface area contributed by atoms with Crippen LogP contribution in [0.3, 0.4) is 0 Å². The maximum Gasteiger partial charge on any atom is 0.262 e. The number of anilines is 1. The van der Waals surface area contributed by atoms with Crippen LogP contribution >= 0.6 is 15.9 Å². The van der Waals surface area contributed by atoms with Crippen LogP contribution in [-0.2, 0) is 4.79 Å². The molecular weight excluding hydrogens is 369 g/mol. The largest absolute Gasteiger partial charge is 0.496 e. The molecule has 23 heavy (non-hydrogen) atoms. The maximum atomic E-state index is 13.7. The van der Waals surface area contributed by atoms with Crippen LogP contribution in [0.1, 0.15) is 0 Å². The molecule has 5 nitrogen and oxygen atoms in total. The number of benzene rings is 2. The molecule has 0 spiro atoms. The maximum absolute atomic E-state index is 13.7. The average molecular weight is 384 g/mol. The third-order valence-electron chi connectivity index (χ3n) is 2.90. The third-order valence-corrected chi connectivity index (χ3v) is 3.39. The highest BCUT2D eigenvalue weighted by Gasteiger charge is 2.09. The summed E-state index contributed by atoms with van der Waals surface area (Å²) < 4.78 is 29.9. The van der Waals surface area contributed by atoms with Gasteiger partial charge < -0.3 is 19.5 Å². The smallest absolute Gasteiger partial charge is 0.262 e. The molecule has 0 unspecified atom stereocenters. The number of hydrogen-bond donors (Lipinski definition) is 1. The Morgan fingerprint density at radius 2 is 1.70 bits per heavy atom. The van der Waals surface area contributed by atoms with Gasteiger partial charge in [-0.25, -0.2) is 4.39 Å². The second kappa shape index (κ2) is 7.82. The summed E-state index contributed by atoms with van der Waals surface area (Å²) in [5.74, 6) is 0.480. The topological polar surface area (TPSA) is 56.8 Å². The Kier molecular flexibility index (Phi) is 5.81. The predicted octanol–water partition coefficient (Wildman–Crippen LogP) is 3.62. The Morgan fingerprint density at radius 1 is 1.09 bits per heavy atom. The Hall–Kier alpha value is -2.28. The first-order valence-electron chi connectivity index (χ1n) is 6.62. The molecule has 0 fully saturated rings. The molecule has 0 atom stereocenters. The van der Waals surface area contributed by atoms with Crippen molar-refractivity contribution in [2.24, 2.45) is 0 Å². The van der Waals surface area contributed by atoms with Crippen molar-refractivity contribution in [2.45, 2.75) is 0 Å². The van der Waals surface area contributed by atoms with Gasteiger partial charge in [0.25, 0.3) is 5.91 Å². The molecule has 0 aromatic heterocycles. The molecule has 1 amide bonds. The highest BCUT2D eigenvalue weighted by atomic mass is 79.9. The molecule has 0 radical (unpaired) electrons. The van der Waals surface area contributed by atoms with Gasteiger partial charge in [0.2, 0.25) is 0 Å². The molecule has 2 aromatic rings. The first-order valence-corrected chi connectivity index (χ1v) is 7.42. The summed E-state index contributed by atoms with van der Waals surface area (Å²) >= 11 is 3.15. The molecule has 7 heteroatoms. The first kappa shape index (κ1) is 17.1. The highest BCUT2D eigenvalue weighted by molar-refractivity contribution is 9.10. The molecule has 0 aliphatic heterocycles. The van der Waals surface area contributed by atoms with Crippen molar-refractivity contribution in [3.63, 3.8) is 0 Å². The number of amides is 1. The highest BCUT2D eigenvalue weighted by Crippen LogP contribution is 2.27. The number of halogens is 2. The Bertz CT molecular complexity index is 686. The van der Waals surface area contributed by atoms with Crippen LogP contribution in [0.5, 0.6) is 17.2 Å². The van der Waals surface area contributed by atoms with Crippen LogP contribution in [-0.4, -0.2) is 26.7 Å². The monoisotopic (exact) mass is 383 g/mol. The summed E-state index contributed by atoms with van der Waals surface area (Å²) in [6.07, 6.45) is 0. The lowest BCUT2D eigenvalue weighted by Crippen LogP contribution is -2.20. The SMILES string of the molecule is COc1cc(OC)cc(OCC(=O)Nc2ccc(Br)cc2F)c1. The van der Waals surface area contributed by atoms with Gasteiger partial charge in [0.15, 0.2) is 6.61 Å². The van der Waals surface area contributed by atoms with Crippen LogP contribution in [0.4, 0.5) is 10.1 Å². The lowest BCUT2D eigenvalue weighted by Gasteiger charge is -2.11. The molecule has 122 valence electrons. The minimum Gasteiger partial charge on any atom is -0.496 e. The summed E-state index contributed by atoms with van der Waals surface area (Å²) in [6, 6.07) is 9.29. The van der Waals surface area contributed by atoms with Crippen molar-refractivity contribution >= 4 is 27.5 Å². The van der Waals surface area contributed by atoms with Gasteiger partial charge >= 0.3 is 0 Å². The van der Waals surface area contributed by atoms with Gasteiger partial charge in [-0.2, -0.15) is 0 Å². The zero-order valence-corrected chi connectivity index (χ0v) is 14.1. The lowest BCUT2D eigenvalue weighted by molar-refractivity contribution is -0.118.